The van der Waals surface area contributed by atoms with Gasteiger partial charge in [-0.1, -0.05) is 0 Å². The van der Waals surface area contributed by atoms with E-state index in [2.05, 4.69) is 30.0 Å². The molecule has 1 aliphatic carbocycles. The number of nitrogens with zero attached hydrogens (tertiary/aromatic N) is 5. The lowest BCUT2D eigenvalue weighted by atomic mass is 9.93. The highest BCUT2D eigenvalue weighted by Crippen LogP contribution is 2.24. The smallest absolute Gasteiger partial charge is 0.340 e. The Labute approximate surface area is 253 Å². The van der Waals surface area contributed by atoms with Gasteiger partial charge in [0, 0.05) is 58.4 Å². The van der Waals surface area contributed by atoms with E-state index in [0.29, 0.717) is 24.3 Å². The van der Waals surface area contributed by atoms with Crippen molar-refractivity contribution in [2.75, 3.05) is 55.6 Å². The van der Waals surface area contributed by atoms with Crippen LogP contribution in [0.15, 0.2) is 36.7 Å². The molecule has 2 aromatic rings. The van der Waals surface area contributed by atoms with Crippen molar-refractivity contribution in [1.82, 2.24) is 20.2 Å². The summed E-state index contributed by atoms with van der Waals surface area (Å²) in [6, 6.07) is 6.70. The number of rotatable bonds is 7. The summed E-state index contributed by atoms with van der Waals surface area (Å²) in [7, 11) is 0. The second-order valence-corrected chi connectivity index (χ2v) is 12.8. The van der Waals surface area contributed by atoms with E-state index in [1.54, 1.807) is 24.5 Å². The van der Waals surface area contributed by atoms with Crippen LogP contribution < -0.4 is 15.1 Å². The molecule has 43 heavy (non-hydrogen) atoms. The lowest BCUT2D eigenvalue weighted by molar-refractivity contribution is -0.131. The van der Waals surface area contributed by atoms with Crippen LogP contribution in [0.5, 0.6) is 0 Å². The number of piperidine rings is 1. The average Bonchev–Trinajstić information content (AvgIpc) is 2.99. The minimum atomic E-state index is -0.610. The van der Waals surface area contributed by atoms with E-state index < -0.39 is 11.6 Å². The van der Waals surface area contributed by atoms with Gasteiger partial charge >= 0.3 is 5.97 Å². The van der Waals surface area contributed by atoms with Crippen molar-refractivity contribution in [1.29, 1.82) is 0 Å². The predicted octanol–water partition coefficient (Wildman–Crippen LogP) is 2.89. The van der Waals surface area contributed by atoms with Crippen LogP contribution in [0.3, 0.4) is 0 Å². The third-order valence-electron chi connectivity index (χ3n) is 8.33. The summed E-state index contributed by atoms with van der Waals surface area (Å²) in [6.07, 6.45) is 6.11. The maximum atomic E-state index is 12.6. The molecule has 1 amide bonds. The molecule has 3 fully saturated rings. The molecule has 11 heteroatoms. The second-order valence-electron chi connectivity index (χ2n) is 12.8. The number of carbonyl (C=O) groups is 4. The molecule has 3 aliphatic rings. The average molecular weight is 591 g/mol. The molecular weight excluding hydrogens is 548 g/mol. The quantitative estimate of drug-likeness (QED) is 0.380. The van der Waals surface area contributed by atoms with E-state index >= 15 is 0 Å². The Bertz CT molecular complexity index is 1310. The first-order valence-electron chi connectivity index (χ1n) is 15.3. The van der Waals surface area contributed by atoms with Gasteiger partial charge in [-0.3, -0.25) is 19.3 Å². The molecule has 2 aromatic heterocycles. The number of hydrogen-bond acceptors (Lipinski definition) is 10. The summed E-state index contributed by atoms with van der Waals surface area (Å²) in [6.45, 7) is 12.3. The summed E-state index contributed by atoms with van der Waals surface area (Å²) < 4.78 is 5.43. The molecule has 230 valence electrons. The molecule has 11 nitrogen and oxygen atoms in total. The second kappa shape index (κ2) is 13.2. The lowest BCUT2D eigenvalue weighted by Gasteiger charge is -2.39. The van der Waals surface area contributed by atoms with Crippen molar-refractivity contribution in [3.8, 4) is 0 Å². The third kappa shape index (κ3) is 8.16. The molecule has 0 aromatic carbocycles. The third-order valence-corrected chi connectivity index (χ3v) is 8.33. The summed E-state index contributed by atoms with van der Waals surface area (Å²) in [5, 5.41) is 2.73. The molecule has 1 saturated carbocycles. The molecule has 4 heterocycles. The minimum absolute atomic E-state index is 0.0680. The number of aromatic nitrogens is 2. The predicted molar refractivity (Wildman–Crippen MR) is 162 cm³/mol. The number of anilines is 2. The van der Waals surface area contributed by atoms with Crippen LogP contribution in [-0.4, -0.2) is 95.8 Å². The van der Waals surface area contributed by atoms with Crippen molar-refractivity contribution < 1.29 is 23.9 Å². The summed E-state index contributed by atoms with van der Waals surface area (Å²) in [5.41, 5.74) is 1.19. The SMILES string of the molecule is CC(C)(C)OC(=O)c1ccc(N2CCC(CN3CCN(c4ccc(C(=O)NC5CCC(=O)CC5=O)nc4)CC3)CC2)nc1. The molecular formula is C32H42N6O5. The van der Waals surface area contributed by atoms with Crippen LogP contribution in [0.2, 0.25) is 0 Å². The fourth-order valence-electron chi connectivity index (χ4n) is 5.89. The highest BCUT2D eigenvalue weighted by Gasteiger charge is 2.29. The number of pyridine rings is 2. The molecule has 2 aliphatic heterocycles. The number of Topliss-reactive ketones (excluding diaryl/α,β-unsaturated/α-hetero) is 2. The number of amides is 1. The molecule has 0 spiro atoms. The fourth-order valence-corrected chi connectivity index (χ4v) is 5.89. The number of hydrogen-bond donors (Lipinski definition) is 1. The highest BCUT2D eigenvalue weighted by atomic mass is 16.6. The van der Waals surface area contributed by atoms with Gasteiger partial charge in [-0.25, -0.2) is 14.8 Å². The van der Waals surface area contributed by atoms with Gasteiger partial charge in [-0.2, -0.15) is 0 Å². The molecule has 1 unspecified atom stereocenters. The zero-order chi connectivity index (χ0) is 30.6. The standard InChI is InChI=1S/C32H42N6O5/c1-32(2,3)43-31(42)23-4-9-29(34-19-23)38-12-10-22(11-13-38)21-36-14-16-37(17-15-36)24-5-7-27(33-20-24)30(41)35-26-8-6-25(39)18-28(26)40/h4-5,7,9,19-20,22,26H,6,8,10-18,21H2,1-3H3,(H,35,41). The molecule has 0 radical (unpaired) electrons. The minimum Gasteiger partial charge on any atom is -0.456 e. The van der Waals surface area contributed by atoms with Crippen molar-refractivity contribution >= 4 is 34.9 Å². The molecule has 5 rings (SSSR count). The fraction of sp³-hybridized carbons (Fsp3) is 0.562. The van der Waals surface area contributed by atoms with E-state index in [0.717, 1.165) is 70.2 Å². The molecule has 1 N–H and O–H groups in total. The largest absolute Gasteiger partial charge is 0.456 e. The Morgan fingerprint density at radius 3 is 2.26 bits per heavy atom. The van der Waals surface area contributed by atoms with Gasteiger partial charge in [0.1, 0.15) is 22.9 Å². The summed E-state index contributed by atoms with van der Waals surface area (Å²) >= 11 is 0. The molecule has 2 saturated heterocycles. The Morgan fingerprint density at radius 2 is 1.65 bits per heavy atom. The summed E-state index contributed by atoms with van der Waals surface area (Å²) in [5.74, 6) is 0.501. The zero-order valence-electron chi connectivity index (χ0n) is 25.4. The van der Waals surface area contributed by atoms with Crippen LogP contribution >= 0.6 is 0 Å². The molecule has 0 bridgehead atoms. The van der Waals surface area contributed by atoms with Gasteiger partial charge in [-0.15, -0.1) is 0 Å². The molecule has 1 atom stereocenters. The Kier molecular flexibility index (Phi) is 9.39. The van der Waals surface area contributed by atoms with E-state index in [-0.39, 0.29) is 35.6 Å². The van der Waals surface area contributed by atoms with Crippen LogP contribution in [-0.2, 0) is 14.3 Å². The number of carbonyl (C=O) groups excluding carboxylic acids is 4. The lowest BCUT2D eigenvalue weighted by Crippen LogP contribution is -2.49. The first-order valence-corrected chi connectivity index (χ1v) is 15.3. The Morgan fingerprint density at radius 1 is 0.907 bits per heavy atom. The summed E-state index contributed by atoms with van der Waals surface area (Å²) in [4.78, 5) is 64.3. The van der Waals surface area contributed by atoms with Gasteiger partial charge in [0.25, 0.3) is 5.91 Å². The van der Waals surface area contributed by atoms with Gasteiger partial charge in [0.15, 0.2) is 5.78 Å². The Hall–Kier alpha value is -3.86. The Balaban J connectivity index is 1.03. The maximum Gasteiger partial charge on any atom is 0.340 e. The van der Waals surface area contributed by atoms with E-state index in [1.165, 1.54) is 0 Å². The maximum absolute atomic E-state index is 12.6. The van der Waals surface area contributed by atoms with Crippen LogP contribution in [0.25, 0.3) is 0 Å². The number of ketones is 2. The van der Waals surface area contributed by atoms with Crippen molar-refractivity contribution in [3.05, 3.63) is 47.9 Å². The highest BCUT2D eigenvalue weighted by molar-refractivity contribution is 6.06. The number of piperazine rings is 1. The van der Waals surface area contributed by atoms with Crippen molar-refractivity contribution in [2.45, 2.75) is 64.5 Å². The van der Waals surface area contributed by atoms with Crippen LogP contribution in [0.4, 0.5) is 11.5 Å². The topological polar surface area (TPSA) is 125 Å². The van der Waals surface area contributed by atoms with E-state index in [4.69, 9.17) is 4.74 Å². The normalized spacial score (nSPS) is 20.7. The first-order chi connectivity index (χ1) is 20.5. The van der Waals surface area contributed by atoms with E-state index in [1.807, 2.05) is 32.9 Å². The van der Waals surface area contributed by atoms with Crippen molar-refractivity contribution in [3.63, 3.8) is 0 Å². The van der Waals surface area contributed by atoms with Crippen LogP contribution in [0, 0.1) is 5.92 Å². The zero-order valence-corrected chi connectivity index (χ0v) is 25.4. The van der Waals surface area contributed by atoms with Gasteiger partial charge in [0.2, 0.25) is 0 Å². The first kappa shape index (κ1) is 30.6. The van der Waals surface area contributed by atoms with E-state index in [9.17, 15) is 19.2 Å². The number of esters is 1. The monoisotopic (exact) mass is 590 g/mol. The van der Waals surface area contributed by atoms with Gasteiger partial charge in [0.05, 0.1) is 29.9 Å². The van der Waals surface area contributed by atoms with Crippen molar-refractivity contribution in [2.24, 2.45) is 5.92 Å². The number of ether oxygens (including phenoxy) is 1. The van der Waals surface area contributed by atoms with Gasteiger partial charge in [-0.05, 0) is 70.2 Å². The number of nitrogens with one attached hydrogen (secondary N) is 1. The van der Waals surface area contributed by atoms with Gasteiger partial charge < -0.3 is 19.9 Å². The van der Waals surface area contributed by atoms with Crippen LogP contribution in [0.1, 0.15) is 73.7 Å².